The Kier molecular flexibility index (Phi) is 5.57. The second-order valence-corrected chi connectivity index (χ2v) is 8.16. The van der Waals surface area contributed by atoms with Gasteiger partial charge >= 0.3 is 0 Å². The first kappa shape index (κ1) is 18.5. The van der Waals surface area contributed by atoms with Crippen molar-refractivity contribution < 1.29 is 10.2 Å². The third kappa shape index (κ3) is 3.14. The predicted octanol–water partition coefficient (Wildman–Crippen LogP) is 4.98. The lowest BCUT2D eigenvalue weighted by molar-refractivity contribution is -0.114. The molecule has 0 spiro atoms. The van der Waals surface area contributed by atoms with Gasteiger partial charge in [0.1, 0.15) is 5.60 Å². The Labute approximate surface area is 155 Å². The van der Waals surface area contributed by atoms with Crippen molar-refractivity contribution in [1.82, 2.24) is 0 Å². The number of rotatable bonds is 5. The minimum absolute atomic E-state index is 0.301. The number of benzene rings is 2. The SMILES string of the molecule is CCCC[C@]1(CC)CSc2ccccc2C(O)(c2ccccc2)C1O. The highest BCUT2D eigenvalue weighted by Gasteiger charge is 2.52. The first-order valence-corrected chi connectivity index (χ1v) is 10.3. The van der Waals surface area contributed by atoms with Gasteiger partial charge in [-0.05, 0) is 24.5 Å². The Morgan fingerprint density at radius 2 is 1.72 bits per heavy atom. The fourth-order valence-corrected chi connectivity index (χ4v) is 5.52. The quantitative estimate of drug-likeness (QED) is 0.794. The number of fused-ring (bicyclic) bond motifs is 1. The molecular weight excluding hydrogens is 328 g/mol. The fourth-order valence-electron chi connectivity index (χ4n) is 4.01. The molecule has 2 N–H and O–H groups in total. The van der Waals surface area contributed by atoms with Gasteiger partial charge in [0, 0.05) is 21.6 Å². The summed E-state index contributed by atoms with van der Waals surface area (Å²) >= 11 is 1.77. The molecule has 2 nitrogen and oxygen atoms in total. The first-order valence-electron chi connectivity index (χ1n) is 9.26. The summed E-state index contributed by atoms with van der Waals surface area (Å²) in [6.45, 7) is 4.32. The summed E-state index contributed by atoms with van der Waals surface area (Å²) in [6, 6.07) is 17.6. The van der Waals surface area contributed by atoms with Gasteiger partial charge in [-0.2, -0.15) is 0 Å². The van der Waals surface area contributed by atoms with Gasteiger partial charge in [0.05, 0.1) is 6.10 Å². The lowest BCUT2D eigenvalue weighted by Gasteiger charge is -2.44. The van der Waals surface area contributed by atoms with E-state index in [-0.39, 0.29) is 5.41 Å². The van der Waals surface area contributed by atoms with Crippen LogP contribution in [0.5, 0.6) is 0 Å². The molecule has 0 saturated heterocycles. The molecule has 3 heteroatoms. The molecule has 2 unspecified atom stereocenters. The second kappa shape index (κ2) is 7.53. The zero-order valence-electron chi connectivity index (χ0n) is 15.1. The van der Waals surface area contributed by atoms with Crippen molar-refractivity contribution in [2.24, 2.45) is 5.41 Å². The Morgan fingerprint density at radius 1 is 1.04 bits per heavy atom. The molecular formula is C22H28O2S. The van der Waals surface area contributed by atoms with E-state index in [0.29, 0.717) is 0 Å². The Bertz CT molecular complexity index is 702. The van der Waals surface area contributed by atoms with Gasteiger partial charge in [-0.3, -0.25) is 0 Å². The molecule has 0 radical (unpaired) electrons. The fraction of sp³-hybridized carbons (Fsp3) is 0.455. The van der Waals surface area contributed by atoms with E-state index in [2.05, 4.69) is 19.9 Å². The van der Waals surface area contributed by atoms with Crippen LogP contribution in [0.1, 0.15) is 50.7 Å². The molecule has 0 amide bonds. The Balaban J connectivity index is 2.19. The van der Waals surface area contributed by atoms with Crippen molar-refractivity contribution in [2.75, 3.05) is 5.75 Å². The number of hydrogen-bond donors (Lipinski definition) is 2. The molecule has 25 heavy (non-hydrogen) atoms. The van der Waals surface area contributed by atoms with Crippen molar-refractivity contribution in [3.63, 3.8) is 0 Å². The van der Waals surface area contributed by atoms with Crippen LogP contribution in [0.15, 0.2) is 59.5 Å². The van der Waals surface area contributed by atoms with Crippen LogP contribution in [0.3, 0.4) is 0 Å². The van der Waals surface area contributed by atoms with E-state index in [1.54, 1.807) is 11.8 Å². The Hall–Kier alpha value is -1.29. The zero-order valence-corrected chi connectivity index (χ0v) is 15.9. The molecule has 0 aromatic heterocycles. The molecule has 1 heterocycles. The second-order valence-electron chi connectivity index (χ2n) is 7.14. The summed E-state index contributed by atoms with van der Waals surface area (Å²) in [7, 11) is 0. The van der Waals surface area contributed by atoms with Crippen LogP contribution >= 0.6 is 11.8 Å². The molecule has 0 aliphatic carbocycles. The van der Waals surface area contributed by atoms with Gasteiger partial charge in [-0.25, -0.2) is 0 Å². The number of thioether (sulfide) groups is 1. The van der Waals surface area contributed by atoms with E-state index in [0.717, 1.165) is 47.5 Å². The molecule has 2 aromatic rings. The highest BCUT2D eigenvalue weighted by Crippen LogP contribution is 2.52. The highest BCUT2D eigenvalue weighted by atomic mass is 32.2. The van der Waals surface area contributed by atoms with E-state index in [9.17, 15) is 10.2 Å². The van der Waals surface area contributed by atoms with Crippen LogP contribution in [-0.4, -0.2) is 22.1 Å². The molecule has 3 atom stereocenters. The summed E-state index contributed by atoms with van der Waals surface area (Å²) < 4.78 is 0. The molecule has 134 valence electrons. The van der Waals surface area contributed by atoms with E-state index in [1.807, 2.05) is 48.5 Å². The van der Waals surface area contributed by atoms with Crippen molar-refractivity contribution in [1.29, 1.82) is 0 Å². The maximum atomic E-state index is 11.9. The van der Waals surface area contributed by atoms with Crippen LogP contribution in [-0.2, 0) is 5.60 Å². The molecule has 0 fully saturated rings. The van der Waals surface area contributed by atoms with Crippen LogP contribution < -0.4 is 0 Å². The van der Waals surface area contributed by atoms with E-state index >= 15 is 0 Å². The van der Waals surface area contributed by atoms with Crippen LogP contribution in [0, 0.1) is 5.41 Å². The molecule has 2 aromatic carbocycles. The van der Waals surface area contributed by atoms with E-state index in [1.165, 1.54) is 0 Å². The van der Waals surface area contributed by atoms with Crippen LogP contribution in [0.2, 0.25) is 0 Å². The van der Waals surface area contributed by atoms with Crippen LogP contribution in [0.25, 0.3) is 0 Å². The standard InChI is InChI=1S/C22H28O2S/c1-3-5-15-21(4-2)16-25-19-14-10-9-13-18(19)22(24,20(21)23)17-11-7-6-8-12-17/h6-14,20,23-24H,3-5,15-16H2,1-2H3/t20?,21-,22?/m1/s1. The average Bonchev–Trinajstić information content (AvgIpc) is 2.77. The number of unbranched alkanes of at least 4 members (excludes halogenated alkanes) is 1. The van der Waals surface area contributed by atoms with E-state index in [4.69, 9.17) is 0 Å². The van der Waals surface area contributed by atoms with Gasteiger partial charge in [0.2, 0.25) is 0 Å². The van der Waals surface area contributed by atoms with Gasteiger partial charge in [0.15, 0.2) is 0 Å². The molecule has 0 saturated carbocycles. The molecule has 3 rings (SSSR count). The van der Waals surface area contributed by atoms with E-state index < -0.39 is 11.7 Å². The topological polar surface area (TPSA) is 40.5 Å². The largest absolute Gasteiger partial charge is 0.389 e. The molecule has 1 aliphatic heterocycles. The summed E-state index contributed by atoms with van der Waals surface area (Å²) in [4.78, 5) is 1.07. The van der Waals surface area contributed by atoms with Gasteiger partial charge in [-0.1, -0.05) is 75.2 Å². The number of hydrogen-bond acceptors (Lipinski definition) is 3. The highest BCUT2D eigenvalue weighted by molar-refractivity contribution is 7.99. The first-order chi connectivity index (χ1) is 12.1. The van der Waals surface area contributed by atoms with Gasteiger partial charge < -0.3 is 10.2 Å². The van der Waals surface area contributed by atoms with Crippen molar-refractivity contribution in [3.05, 3.63) is 65.7 Å². The van der Waals surface area contributed by atoms with Crippen molar-refractivity contribution in [2.45, 2.75) is 56.1 Å². The predicted molar refractivity (Wildman–Crippen MR) is 105 cm³/mol. The average molecular weight is 357 g/mol. The lowest BCUT2D eigenvalue weighted by Crippen LogP contribution is -2.51. The van der Waals surface area contributed by atoms with Crippen LogP contribution in [0.4, 0.5) is 0 Å². The third-order valence-corrected chi connectivity index (χ3v) is 7.12. The normalized spacial score (nSPS) is 29.0. The van der Waals surface area contributed by atoms with Gasteiger partial charge in [0.25, 0.3) is 0 Å². The van der Waals surface area contributed by atoms with Crippen molar-refractivity contribution >= 4 is 11.8 Å². The summed E-state index contributed by atoms with van der Waals surface area (Å²) in [5, 5.41) is 23.5. The third-order valence-electron chi connectivity index (χ3n) is 5.73. The van der Waals surface area contributed by atoms with Crippen molar-refractivity contribution in [3.8, 4) is 0 Å². The number of aliphatic hydroxyl groups excluding tert-OH is 1. The minimum atomic E-state index is -1.38. The smallest absolute Gasteiger partial charge is 0.142 e. The lowest BCUT2D eigenvalue weighted by atomic mass is 9.66. The molecule has 1 aliphatic rings. The summed E-state index contributed by atoms with van der Waals surface area (Å²) in [5.41, 5.74) is -0.0904. The maximum Gasteiger partial charge on any atom is 0.142 e. The maximum absolute atomic E-state index is 11.9. The zero-order chi connectivity index (χ0) is 17.9. The van der Waals surface area contributed by atoms with Gasteiger partial charge in [-0.15, -0.1) is 11.8 Å². The Morgan fingerprint density at radius 3 is 2.40 bits per heavy atom. The monoisotopic (exact) mass is 356 g/mol. The summed E-state index contributed by atoms with van der Waals surface area (Å²) in [5.74, 6) is 0.830. The minimum Gasteiger partial charge on any atom is -0.389 e. The molecule has 0 bridgehead atoms. The number of aliphatic hydroxyl groups is 2. The summed E-state index contributed by atoms with van der Waals surface area (Å²) in [6.07, 6.45) is 3.10.